The molecule has 0 heterocycles. The van der Waals surface area contributed by atoms with E-state index in [9.17, 15) is 4.57 Å². The van der Waals surface area contributed by atoms with Crippen molar-refractivity contribution in [3.63, 3.8) is 0 Å². The van der Waals surface area contributed by atoms with Crippen LogP contribution in [0.4, 0.5) is 0 Å². The summed E-state index contributed by atoms with van der Waals surface area (Å²) < 4.78 is 25.9. The maximum atomic E-state index is 11.5. The molecular weight excluding hydrogens is 205 g/mol. The van der Waals surface area contributed by atoms with E-state index in [0.29, 0.717) is 5.57 Å². The predicted octanol–water partition coefficient (Wildman–Crippen LogP) is 1.57. The minimum atomic E-state index is -2.99. The first kappa shape index (κ1) is 13.3. The van der Waals surface area contributed by atoms with Gasteiger partial charge in [0, 0.05) is 19.8 Å². The van der Waals surface area contributed by atoms with Gasteiger partial charge in [-0.05, 0) is 0 Å². The van der Waals surface area contributed by atoms with Gasteiger partial charge in [-0.15, -0.1) is 0 Å². The summed E-state index contributed by atoms with van der Waals surface area (Å²) in [6, 6.07) is 1.84. The minimum absolute atomic E-state index is 0.143. The van der Waals surface area contributed by atoms with Gasteiger partial charge in [0.2, 0.25) is 0 Å². The minimum Gasteiger partial charge on any atom is -0.375 e. The quantitative estimate of drug-likeness (QED) is 0.369. The first-order valence-corrected chi connectivity index (χ1v) is 5.67. The van der Waals surface area contributed by atoms with Crippen LogP contribution in [0.2, 0.25) is 0 Å². The van der Waals surface area contributed by atoms with Gasteiger partial charge in [0.15, 0.2) is 0 Å². The summed E-state index contributed by atoms with van der Waals surface area (Å²) in [7, 11) is -0.351. The van der Waals surface area contributed by atoms with E-state index in [4.69, 9.17) is 10.00 Å². The van der Waals surface area contributed by atoms with Gasteiger partial charge in [-0.1, -0.05) is 6.58 Å². The average Bonchev–Trinajstić information content (AvgIpc) is 2.23. The van der Waals surface area contributed by atoms with Gasteiger partial charge in [0.25, 0.3) is 0 Å². The van der Waals surface area contributed by atoms with E-state index < -0.39 is 7.60 Å². The lowest BCUT2D eigenvalue weighted by molar-refractivity contribution is 0.166. The van der Waals surface area contributed by atoms with Gasteiger partial charge in [-0.3, -0.25) is 4.57 Å². The predicted molar refractivity (Wildman–Crippen MR) is 52.1 cm³/mol. The summed E-state index contributed by atoms with van der Waals surface area (Å²) in [6.45, 7) is 3.78. The Morgan fingerprint density at radius 1 is 1.50 bits per heavy atom. The summed E-state index contributed by atoms with van der Waals surface area (Å²) in [4.78, 5) is 0. The topological polar surface area (TPSA) is 68.5 Å². The van der Waals surface area contributed by atoms with E-state index in [0.717, 1.165) is 0 Å². The Morgan fingerprint density at radius 2 is 2.07 bits per heavy atom. The second-order valence-electron chi connectivity index (χ2n) is 2.47. The second kappa shape index (κ2) is 6.74. The molecule has 0 aliphatic rings. The monoisotopic (exact) mass is 219 g/mol. The molecule has 0 saturated heterocycles. The first-order chi connectivity index (χ1) is 6.58. The molecular formula is C8H14NO4P. The molecule has 6 heteroatoms. The Morgan fingerprint density at radius 3 is 2.50 bits per heavy atom. The Balaban J connectivity index is 3.69. The van der Waals surface area contributed by atoms with Crippen LogP contribution < -0.4 is 0 Å². The highest BCUT2D eigenvalue weighted by molar-refractivity contribution is 7.53. The van der Waals surface area contributed by atoms with Crippen molar-refractivity contribution in [1.29, 1.82) is 5.26 Å². The molecule has 14 heavy (non-hydrogen) atoms. The zero-order chi connectivity index (χ0) is 11.0. The Kier molecular flexibility index (Phi) is 6.43. The van der Waals surface area contributed by atoms with E-state index in [1.54, 1.807) is 0 Å². The molecule has 0 unspecified atom stereocenters. The third-order valence-corrected chi connectivity index (χ3v) is 3.34. The van der Waals surface area contributed by atoms with Crippen molar-refractivity contribution in [2.45, 2.75) is 0 Å². The summed E-state index contributed by atoms with van der Waals surface area (Å²) in [5.74, 6) is 0. The van der Waals surface area contributed by atoms with Crippen LogP contribution in [0, 0.1) is 11.3 Å². The molecule has 0 aromatic heterocycles. The van der Waals surface area contributed by atoms with E-state index in [1.165, 1.54) is 14.2 Å². The third kappa shape index (κ3) is 5.15. The fourth-order valence-corrected chi connectivity index (χ4v) is 1.53. The van der Waals surface area contributed by atoms with Gasteiger partial charge in [0.05, 0.1) is 25.4 Å². The highest BCUT2D eigenvalue weighted by Crippen LogP contribution is 2.45. The molecule has 0 radical (unpaired) electrons. The van der Waals surface area contributed by atoms with Crippen LogP contribution in [0.5, 0.6) is 0 Å². The smallest absolute Gasteiger partial charge is 0.332 e. The number of rotatable bonds is 7. The number of nitriles is 1. The maximum Gasteiger partial charge on any atom is 0.332 e. The second-order valence-corrected chi connectivity index (χ2v) is 4.87. The molecule has 0 N–H and O–H groups in total. The number of hydrogen-bond acceptors (Lipinski definition) is 5. The molecule has 0 aliphatic carbocycles. The van der Waals surface area contributed by atoms with Crippen LogP contribution in [0.3, 0.4) is 0 Å². The van der Waals surface area contributed by atoms with E-state index in [1.807, 2.05) is 6.07 Å². The van der Waals surface area contributed by atoms with Gasteiger partial charge >= 0.3 is 7.60 Å². The fourth-order valence-electron chi connectivity index (χ4n) is 0.661. The van der Waals surface area contributed by atoms with Crippen molar-refractivity contribution in [2.24, 2.45) is 0 Å². The van der Waals surface area contributed by atoms with Gasteiger partial charge in [-0.25, -0.2) is 0 Å². The van der Waals surface area contributed by atoms with E-state index >= 15 is 0 Å². The summed E-state index contributed by atoms with van der Waals surface area (Å²) in [5.41, 5.74) is 0.328. The van der Waals surface area contributed by atoms with Crippen molar-refractivity contribution in [1.82, 2.24) is 0 Å². The van der Waals surface area contributed by atoms with E-state index in [-0.39, 0.29) is 19.4 Å². The Bertz CT molecular complexity index is 263. The Hall–Kier alpha value is -0.660. The van der Waals surface area contributed by atoms with Crippen molar-refractivity contribution in [3.8, 4) is 6.07 Å². The highest BCUT2D eigenvalue weighted by Gasteiger charge is 2.20. The Labute approximate surface area is 83.8 Å². The molecule has 0 rings (SSSR count). The molecule has 0 aromatic carbocycles. The number of hydrogen-bond donors (Lipinski definition) is 0. The lowest BCUT2D eigenvalue weighted by atomic mass is 10.4. The van der Waals surface area contributed by atoms with Crippen molar-refractivity contribution in [3.05, 3.63) is 12.2 Å². The molecule has 0 saturated carbocycles. The molecule has 0 aliphatic heterocycles. The lowest BCUT2D eigenvalue weighted by Crippen LogP contribution is -2.05. The van der Waals surface area contributed by atoms with Crippen molar-refractivity contribution in [2.75, 3.05) is 33.6 Å². The van der Waals surface area contributed by atoms with E-state index in [2.05, 4.69) is 15.6 Å². The van der Waals surface area contributed by atoms with Crippen LogP contribution in [0.1, 0.15) is 0 Å². The molecule has 0 spiro atoms. The van der Waals surface area contributed by atoms with Crippen LogP contribution >= 0.6 is 7.60 Å². The zero-order valence-electron chi connectivity index (χ0n) is 8.36. The van der Waals surface area contributed by atoms with Crippen molar-refractivity contribution < 1.29 is 18.3 Å². The summed E-state index contributed by atoms with van der Waals surface area (Å²) >= 11 is 0. The maximum absolute atomic E-state index is 11.5. The molecule has 5 nitrogen and oxygen atoms in total. The van der Waals surface area contributed by atoms with Crippen molar-refractivity contribution >= 4 is 7.60 Å². The molecule has 0 bridgehead atoms. The number of nitrogens with zero attached hydrogens (tertiary/aromatic N) is 1. The normalized spacial score (nSPS) is 10.9. The highest BCUT2D eigenvalue weighted by atomic mass is 31.2. The third-order valence-electron chi connectivity index (χ3n) is 1.50. The van der Waals surface area contributed by atoms with Gasteiger partial charge in [0.1, 0.15) is 0 Å². The largest absolute Gasteiger partial charge is 0.375 e. The molecule has 80 valence electrons. The molecule has 0 aromatic rings. The molecule has 0 fully saturated rings. The van der Waals surface area contributed by atoms with Crippen LogP contribution in [-0.2, 0) is 18.3 Å². The van der Waals surface area contributed by atoms with Gasteiger partial charge < -0.3 is 13.8 Å². The summed E-state index contributed by atoms with van der Waals surface area (Å²) in [6.07, 6.45) is 0.165. The average molecular weight is 219 g/mol. The first-order valence-electron chi connectivity index (χ1n) is 3.94. The summed E-state index contributed by atoms with van der Waals surface area (Å²) in [5, 5.41) is 8.35. The molecule has 0 atom stereocenters. The number of ether oxygens (including phenoxy) is 1. The molecule has 0 amide bonds. The zero-order valence-corrected chi connectivity index (χ0v) is 9.25. The van der Waals surface area contributed by atoms with Gasteiger partial charge in [-0.2, -0.15) is 5.26 Å². The lowest BCUT2D eigenvalue weighted by Gasteiger charge is -2.12. The van der Waals surface area contributed by atoms with Crippen LogP contribution in [0.25, 0.3) is 0 Å². The van der Waals surface area contributed by atoms with Crippen LogP contribution in [-0.4, -0.2) is 33.6 Å². The SMILES string of the molecule is C=C(C#N)COCCP(=O)(OC)OC. The fraction of sp³-hybridized carbons (Fsp3) is 0.625. The standard InChI is InChI=1S/C8H14NO4P/c1-8(6-9)7-13-4-5-14(10,11-2)12-3/h1,4-5,7H2,2-3H3. The van der Waals surface area contributed by atoms with Crippen LogP contribution in [0.15, 0.2) is 12.2 Å².